The molecule has 30 heavy (non-hydrogen) atoms. The Morgan fingerprint density at radius 2 is 1.87 bits per heavy atom. The van der Waals surface area contributed by atoms with E-state index < -0.39 is 0 Å². The molecular weight excluding hydrogens is 394 g/mol. The number of rotatable bonds is 7. The van der Waals surface area contributed by atoms with Crippen LogP contribution in [0.1, 0.15) is 24.2 Å². The molecule has 5 nitrogen and oxygen atoms in total. The molecule has 2 aromatic carbocycles. The minimum atomic E-state index is -0.0681. The summed E-state index contributed by atoms with van der Waals surface area (Å²) in [5.74, 6) is 1.61. The molecule has 0 amide bonds. The second-order valence-electron chi connectivity index (χ2n) is 7.66. The summed E-state index contributed by atoms with van der Waals surface area (Å²) in [5, 5.41) is 0.658. The summed E-state index contributed by atoms with van der Waals surface area (Å²) < 4.78 is 5.52. The fraction of sp³-hybridized carbons (Fsp3) is 0.250. The van der Waals surface area contributed by atoms with Gasteiger partial charge in [-0.15, -0.1) is 11.3 Å². The van der Waals surface area contributed by atoms with Crippen molar-refractivity contribution in [3.8, 4) is 16.2 Å². The molecule has 2 heterocycles. The van der Waals surface area contributed by atoms with Crippen LogP contribution in [0.2, 0.25) is 0 Å². The van der Waals surface area contributed by atoms with E-state index in [9.17, 15) is 4.79 Å². The van der Waals surface area contributed by atoms with Crippen LogP contribution >= 0.6 is 11.3 Å². The van der Waals surface area contributed by atoms with E-state index in [1.807, 2.05) is 42.5 Å². The van der Waals surface area contributed by atoms with Crippen LogP contribution in [0.3, 0.4) is 0 Å². The van der Waals surface area contributed by atoms with Crippen LogP contribution in [0.5, 0.6) is 5.75 Å². The lowest BCUT2D eigenvalue weighted by Gasteiger charge is -2.22. The second-order valence-corrected chi connectivity index (χ2v) is 8.69. The first-order chi connectivity index (χ1) is 14.7. The Morgan fingerprint density at radius 3 is 2.63 bits per heavy atom. The summed E-state index contributed by atoms with van der Waals surface area (Å²) in [7, 11) is 1.70. The molecule has 0 atom stereocenters. The van der Waals surface area contributed by atoms with Crippen molar-refractivity contribution in [3.05, 3.63) is 82.4 Å². The van der Waals surface area contributed by atoms with Gasteiger partial charge in [-0.1, -0.05) is 48.5 Å². The Labute approximate surface area is 179 Å². The molecule has 1 aliphatic carbocycles. The zero-order chi connectivity index (χ0) is 20.5. The number of aromatic nitrogens is 2. The maximum absolute atomic E-state index is 12.7. The molecular formula is C24H23N3O2S. The highest BCUT2D eigenvalue weighted by Crippen LogP contribution is 2.33. The molecule has 1 aliphatic rings. The van der Waals surface area contributed by atoms with E-state index >= 15 is 0 Å². The molecule has 6 heteroatoms. The number of nitrogens with zero attached hydrogens (tertiary/aromatic N) is 2. The van der Waals surface area contributed by atoms with Gasteiger partial charge in [0.25, 0.3) is 5.56 Å². The first-order valence-corrected chi connectivity index (χ1v) is 11.0. The molecule has 1 saturated carbocycles. The number of methoxy groups -OCH3 is 1. The summed E-state index contributed by atoms with van der Waals surface area (Å²) >= 11 is 1.57. The number of hydrogen-bond donors (Lipinski definition) is 1. The quantitative estimate of drug-likeness (QED) is 0.468. The van der Waals surface area contributed by atoms with Crippen molar-refractivity contribution in [2.24, 2.45) is 0 Å². The maximum atomic E-state index is 12.7. The summed E-state index contributed by atoms with van der Waals surface area (Å²) in [4.78, 5) is 24.8. The van der Waals surface area contributed by atoms with Crippen LogP contribution in [-0.4, -0.2) is 28.0 Å². The van der Waals surface area contributed by atoms with Crippen LogP contribution in [0.4, 0.5) is 0 Å². The predicted molar refractivity (Wildman–Crippen MR) is 121 cm³/mol. The number of H-pyrrole nitrogens is 1. The van der Waals surface area contributed by atoms with E-state index in [2.05, 4.69) is 28.1 Å². The summed E-state index contributed by atoms with van der Waals surface area (Å²) in [6.45, 7) is 1.39. The lowest BCUT2D eigenvalue weighted by Crippen LogP contribution is -2.27. The highest BCUT2D eigenvalue weighted by atomic mass is 32.1. The normalized spacial score (nSPS) is 13.8. The van der Waals surface area contributed by atoms with Crippen LogP contribution in [0.15, 0.2) is 65.5 Å². The molecule has 1 fully saturated rings. The number of benzene rings is 2. The average Bonchev–Trinajstić information content (AvgIpc) is 3.53. The van der Waals surface area contributed by atoms with E-state index in [4.69, 9.17) is 9.72 Å². The average molecular weight is 418 g/mol. The van der Waals surface area contributed by atoms with Crippen LogP contribution < -0.4 is 10.3 Å². The first kappa shape index (κ1) is 19.0. The van der Waals surface area contributed by atoms with Gasteiger partial charge in [-0.2, -0.15) is 0 Å². The second kappa shape index (κ2) is 8.05. The fourth-order valence-corrected chi connectivity index (χ4v) is 4.85. The zero-order valence-electron chi connectivity index (χ0n) is 16.8. The Balaban J connectivity index is 1.44. The van der Waals surface area contributed by atoms with Gasteiger partial charge in [0.1, 0.15) is 16.4 Å². The standard InChI is InChI=1S/C24H23N3O2S/c1-29-20-10-6-5-9-17(20)14-27(18-11-12-18)15-22-25-23(28)19-13-21(30-24(19)26-22)16-7-3-2-4-8-16/h2-10,13,18H,11-12,14-15H2,1H3,(H,25,26,28). The summed E-state index contributed by atoms with van der Waals surface area (Å²) in [5.41, 5.74) is 2.19. The lowest BCUT2D eigenvalue weighted by molar-refractivity contribution is 0.236. The van der Waals surface area contributed by atoms with E-state index in [1.54, 1.807) is 18.4 Å². The molecule has 0 aliphatic heterocycles. The zero-order valence-corrected chi connectivity index (χ0v) is 17.6. The monoisotopic (exact) mass is 417 g/mol. The SMILES string of the molecule is COc1ccccc1CN(Cc1nc2sc(-c3ccccc3)cc2c(=O)[nH]1)C1CC1. The van der Waals surface area contributed by atoms with E-state index in [-0.39, 0.29) is 5.56 Å². The maximum Gasteiger partial charge on any atom is 0.259 e. The Hall–Kier alpha value is -2.96. The van der Waals surface area contributed by atoms with Gasteiger partial charge in [0.2, 0.25) is 0 Å². The minimum Gasteiger partial charge on any atom is -0.496 e. The number of para-hydroxylation sites is 1. The summed E-state index contributed by atoms with van der Waals surface area (Å²) in [6, 6.07) is 20.7. The third-order valence-electron chi connectivity index (χ3n) is 5.49. The van der Waals surface area contributed by atoms with Crippen LogP contribution in [-0.2, 0) is 13.1 Å². The number of ether oxygens (including phenoxy) is 1. The number of thiophene rings is 1. The van der Waals surface area contributed by atoms with Crippen LogP contribution in [0.25, 0.3) is 20.7 Å². The van der Waals surface area contributed by atoms with Crippen molar-refractivity contribution in [2.45, 2.75) is 32.0 Å². The molecule has 0 unspecified atom stereocenters. The Morgan fingerprint density at radius 1 is 1.10 bits per heavy atom. The van der Waals surface area contributed by atoms with Gasteiger partial charge >= 0.3 is 0 Å². The molecule has 152 valence electrons. The van der Waals surface area contributed by atoms with E-state index in [1.165, 1.54) is 12.8 Å². The molecule has 0 bridgehead atoms. The number of nitrogens with one attached hydrogen (secondary N) is 1. The van der Waals surface area contributed by atoms with Gasteiger partial charge in [-0.3, -0.25) is 9.69 Å². The van der Waals surface area contributed by atoms with E-state index in [0.717, 1.165) is 39.0 Å². The van der Waals surface area contributed by atoms with Gasteiger partial charge in [0.05, 0.1) is 19.0 Å². The summed E-state index contributed by atoms with van der Waals surface area (Å²) in [6.07, 6.45) is 2.36. The van der Waals surface area contributed by atoms with Crippen LogP contribution in [0, 0.1) is 0 Å². The van der Waals surface area contributed by atoms with Crippen molar-refractivity contribution in [3.63, 3.8) is 0 Å². The van der Waals surface area contributed by atoms with Gasteiger partial charge < -0.3 is 9.72 Å². The smallest absolute Gasteiger partial charge is 0.259 e. The van der Waals surface area contributed by atoms with Gasteiger partial charge in [-0.25, -0.2) is 4.98 Å². The topological polar surface area (TPSA) is 58.2 Å². The van der Waals surface area contributed by atoms with E-state index in [0.29, 0.717) is 18.0 Å². The van der Waals surface area contributed by atoms with Crippen molar-refractivity contribution in [1.29, 1.82) is 0 Å². The molecule has 0 saturated heterocycles. The Kier molecular flexibility index (Phi) is 5.11. The van der Waals surface area contributed by atoms with Gasteiger partial charge in [0.15, 0.2) is 0 Å². The molecule has 0 radical (unpaired) electrons. The van der Waals surface area contributed by atoms with Crippen molar-refractivity contribution in [2.75, 3.05) is 7.11 Å². The first-order valence-electron chi connectivity index (χ1n) is 10.2. The third-order valence-corrected chi connectivity index (χ3v) is 6.57. The fourth-order valence-electron chi connectivity index (χ4n) is 3.79. The van der Waals surface area contributed by atoms with Crippen molar-refractivity contribution < 1.29 is 4.74 Å². The molecule has 0 spiro atoms. The number of aromatic amines is 1. The number of hydrogen-bond acceptors (Lipinski definition) is 5. The molecule has 5 rings (SSSR count). The third kappa shape index (κ3) is 3.88. The molecule has 2 aromatic heterocycles. The largest absolute Gasteiger partial charge is 0.496 e. The Bertz CT molecular complexity index is 1230. The molecule has 1 N–H and O–H groups in total. The van der Waals surface area contributed by atoms with Crippen molar-refractivity contribution >= 4 is 21.6 Å². The minimum absolute atomic E-state index is 0.0681. The number of fused-ring (bicyclic) bond motifs is 1. The van der Waals surface area contributed by atoms with Gasteiger partial charge in [-0.05, 0) is 30.5 Å². The highest BCUT2D eigenvalue weighted by Gasteiger charge is 2.30. The predicted octanol–water partition coefficient (Wildman–Crippen LogP) is 4.82. The van der Waals surface area contributed by atoms with Gasteiger partial charge in [0, 0.05) is 23.0 Å². The van der Waals surface area contributed by atoms with Crippen molar-refractivity contribution in [1.82, 2.24) is 14.9 Å². The molecule has 4 aromatic rings. The highest BCUT2D eigenvalue weighted by molar-refractivity contribution is 7.21. The lowest BCUT2D eigenvalue weighted by atomic mass is 10.2.